The number of halogens is 2. The first-order valence-corrected chi connectivity index (χ1v) is 7.81. The van der Waals surface area contributed by atoms with Crippen LogP contribution >= 0.6 is 27.5 Å². The zero-order chi connectivity index (χ0) is 17.3. The molecule has 9 heteroatoms. The number of aryl methyl sites for hydroxylation is 3. The second-order valence-electron chi connectivity index (χ2n) is 5.10. The molecular formula is C14H14BrClN4O3. The van der Waals surface area contributed by atoms with Gasteiger partial charge in [-0.2, -0.15) is 0 Å². The molecule has 1 amide bonds. The lowest BCUT2D eigenvalue weighted by Gasteiger charge is -2.12. The fraction of sp³-hybridized carbons (Fsp3) is 0.286. The number of nitrogens with zero attached hydrogens (tertiary/aromatic N) is 3. The highest BCUT2D eigenvalue weighted by molar-refractivity contribution is 9.10. The summed E-state index contributed by atoms with van der Waals surface area (Å²) in [6.45, 7) is 5.24. The van der Waals surface area contributed by atoms with Gasteiger partial charge in [0.1, 0.15) is 6.54 Å². The minimum atomic E-state index is -0.605. The van der Waals surface area contributed by atoms with Crippen LogP contribution in [0.25, 0.3) is 0 Å². The fourth-order valence-corrected chi connectivity index (χ4v) is 3.20. The first kappa shape index (κ1) is 17.4. The van der Waals surface area contributed by atoms with E-state index in [9.17, 15) is 14.9 Å². The van der Waals surface area contributed by atoms with Crippen molar-refractivity contribution in [1.82, 2.24) is 9.55 Å². The van der Waals surface area contributed by atoms with E-state index in [1.165, 1.54) is 4.57 Å². The first-order valence-electron chi connectivity index (χ1n) is 6.64. The first-order chi connectivity index (χ1) is 10.7. The van der Waals surface area contributed by atoms with Crippen LogP contribution in [0.15, 0.2) is 16.7 Å². The number of carbonyl (C=O) groups excluding carboxylic acids is 1. The van der Waals surface area contributed by atoms with Crippen molar-refractivity contribution < 1.29 is 9.72 Å². The van der Waals surface area contributed by atoms with Crippen LogP contribution < -0.4 is 5.32 Å². The molecule has 1 N–H and O–H groups in total. The Morgan fingerprint density at radius 3 is 2.61 bits per heavy atom. The standard InChI is InChI=1S/C14H14BrClN4O3/c1-7-4-8(2)12(10(16)5-7)18-11(21)6-19-9(3)17-14(13(19)15)20(22)23/h4-5H,6H2,1-3H3,(H,18,21). The fourth-order valence-electron chi connectivity index (χ4n) is 2.22. The molecule has 0 aliphatic carbocycles. The minimum absolute atomic E-state index is 0.114. The Morgan fingerprint density at radius 2 is 2.09 bits per heavy atom. The Bertz CT molecular complexity index is 781. The molecule has 0 aliphatic rings. The van der Waals surface area contributed by atoms with Crippen molar-refractivity contribution in [1.29, 1.82) is 0 Å². The summed E-state index contributed by atoms with van der Waals surface area (Å²) in [4.78, 5) is 26.3. The molecule has 0 spiro atoms. The number of hydrogen-bond acceptors (Lipinski definition) is 4. The lowest BCUT2D eigenvalue weighted by Crippen LogP contribution is -2.20. The summed E-state index contributed by atoms with van der Waals surface area (Å²) in [6.07, 6.45) is 0. The quantitative estimate of drug-likeness (QED) is 0.623. The molecule has 0 atom stereocenters. The number of anilines is 1. The van der Waals surface area contributed by atoms with E-state index >= 15 is 0 Å². The van der Waals surface area contributed by atoms with Crippen LogP contribution in [0.5, 0.6) is 0 Å². The van der Waals surface area contributed by atoms with Crippen molar-refractivity contribution in [3.8, 4) is 0 Å². The van der Waals surface area contributed by atoms with Gasteiger partial charge in [-0.25, -0.2) is 0 Å². The van der Waals surface area contributed by atoms with E-state index in [0.29, 0.717) is 16.5 Å². The average molecular weight is 402 g/mol. The Balaban J connectivity index is 2.23. The number of rotatable bonds is 4. The summed E-state index contributed by atoms with van der Waals surface area (Å²) in [5, 5.41) is 14.1. The lowest BCUT2D eigenvalue weighted by molar-refractivity contribution is -0.390. The Hall–Kier alpha value is -1.93. The second kappa shape index (κ2) is 6.67. The van der Waals surface area contributed by atoms with Gasteiger partial charge in [-0.1, -0.05) is 17.7 Å². The summed E-state index contributed by atoms with van der Waals surface area (Å²) < 4.78 is 1.58. The molecule has 1 heterocycles. The highest BCUT2D eigenvalue weighted by Crippen LogP contribution is 2.28. The maximum absolute atomic E-state index is 12.2. The predicted octanol–water partition coefficient (Wildman–Crippen LogP) is 3.77. The van der Waals surface area contributed by atoms with Gasteiger partial charge in [0.05, 0.1) is 10.7 Å². The monoisotopic (exact) mass is 400 g/mol. The van der Waals surface area contributed by atoms with E-state index in [0.717, 1.165) is 11.1 Å². The SMILES string of the molecule is Cc1cc(C)c(NC(=O)Cn2c(C)nc([N+](=O)[O-])c2Br)c(Cl)c1. The van der Waals surface area contributed by atoms with Gasteiger partial charge in [0, 0.05) is 6.92 Å². The molecule has 0 aliphatic heterocycles. The lowest BCUT2D eigenvalue weighted by atomic mass is 10.1. The van der Waals surface area contributed by atoms with Crippen molar-refractivity contribution in [2.24, 2.45) is 0 Å². The van der Waals surface area contributed by atoms with Crippen LogP contribution in [0.1, 0.15) is 17.0 Å². The maximum Gasteiger partial charge on any atom is 0.396 e. The van der Waals surface area contributed by atoms with E-state index in [1.807, 2.05) is 19.9 Å². The normalized spacial score (nSPS) is 10.7. The number of imidazole rings is 1. The number of aromatic nitrogens is 2. The van der Waals surface area contributed by atoms with Crippen molar-refractivity contribution in [2.75, 3.05) is 5.32 Å². The zero-order valence-electron chi connectivity index (χ0n) is 12.7. The largest absolute Gasteiger partial charge is 0.396 e. The summed E-state index contributed by atoms with van der Waals surface area (Å²) in [5.74, 6) is -0.305. The molecule has 0 fully saturated rings. The second-order valence-corrected chi connectivity index (χ2v) is 6.26. The minimum Gasteiger partial charge on any atom is -0.358 e. The van der Waals surface area contributed by atoms with Crippen molar-refractivity contribution in [3.05, 3.63) is 48.8 Å². The van der Waals surface area contributed by atoms with Crippen LogP contribution in [0.4, 0.5) is 11.5 Å². The highest BCUT2D eigenvalue weighted by Gasteiger charge is 2.24. The van der Waals surface area contributed by atoms with E-state index in [2.05, 4.69) is 26.2 Å². The van der Waals surface area contributed by atoms with E-state index in [1.54, 1.807) is 13.0 Å². The maximum atomic E-state index is 12.2. The Kier molecular flexibility index (Phi) is 5.06. The Labute approximate surface area is 145 Å². The molecule has 0 saturated carbocycles. The molecule has 0 saturated heterocycles. The van der Waals surface area contributed by atoms with E-state index < -0.39 is 4.92 Å². The van der Waals surface area contributed by atoms with Gasteiger partial charge < -0.3 is 15.4 Å². The van der Waals surface area contributed by atoms with Gasteiger partial charge in [-0.15, -0.1) is 0 Å². The molecule has 23 heavy (non-hydrogen) atoms. The number of amides is 1. The van der Waals surface area contributed by atoms with Gasteiger partial charge in [-0.05, 0) is 56.9 Å². The number of nitrogens with one attached hydrogen (secondary N) is 1. The van der Waals surface area contributed by atoms with E-state index in [4.69, 9.17) is 11.6 Å². The highest BCUT2D eigenvalue weighted by atomic mass is 79.9. The topological polar surface area (TPSA) is 90.1 Å². The Morgan fingerprint density at radius 1 is 1.43 bits per heavy atom. The van der Waals surface area contributed by atoms with Crippen molar-refractivity contribution in [2.45, 2.75) is 27.3 Å². The summed E-state index contributed by atoms with van der Waals surface area (Å²) in [7, 11) is 0. The average Bonchev–Trinajstić information content (AvgIpc) is 2.71. The third-order valence-corrected chi connectivity index (χ3v) is 4.33. The predicted molar refractivity (Wildman–Crippen MR) is 90.9 cm³/mol. The van der Waals surface area contributed by atoms with Gasteiger partial charge in [0.15, 0.2) is 4.60 Å². The molecule has 1 aromatic carbocycles. The molecule has 0 radical (unpaired) electrons. The van der Waals surface area contributed by atoms with Gasteiger partial charge in [0.2, 0.25) is 11.7 Å². The molecule has 1 aromatic heterocycles. The number of carbonyl (C=O) groups is 1. The van der Waals surface area contributed by atoms with Crippen LogP contribution in [-0.4, -0.2) is 20.4 Å². The third-order valence-electron chi connectivity index (χ3n) is 3.25. The van der Waals surface area contributed by atoms with Crippen LogP contribution in [0, 0.1) is 30.9 Å². The van der Waals surface area contributed by atoms with Crippen molar-refractivity contribution >= 4 is 44.9 Å². The molecule has 0 unspecified atom stereocenters. The molecule has 2 aromatic rings. The van der Waals surface area contributed by atoms with Crippen LogP contribution in [0.2, 0.25) is 5.02 Å². The summed E-state index contributed by atoms with van der Waals surface area (Å²) in [5.41, 5.74) is 2.37. The summed E-state index contributed by atoms with van der Waals surface area (Å²) in [6, 6.07) is 3.66. The molecule has 0 bridgehead atoms. The molecule has 122 valence electrons. The zero-order valence-corrected chi connectivity index (χ0v) is 15.0. The van der Waals surface area contributed by atoms with Crippen LogP contribution in [0.3, 0.4) is 0 Å². The third kappa shape index (κ3) is 3.70. The number of benzene rings is 1. The van der Waals surface area contributed by atoms with Gasteiger partial charge in [0.25, 0.3) is 0 Å². The number of hydrogen-bond donors (Lipinski definition) is 1. The molecule has 2 rings (SSSR count). The molecule has 7 nitrogen and oxygen atoms in total. The summed E-state index contributed by atoms with van der Waals surface area (Å²) >= 11 is 9.27. The smallest absolute Gasteiger partial charge is 0.358 e. The van der Waals surface area contributed by atoms with Crippen LogP contribution in [-0.2, 0) is 11.3 Å². The van der Waals surface area contributed by atoms with E-state index in [-0.39, 0.29) is 22.9 Å². The molecular weight excluding hydrogens is 388 g/mol. The van der Waals surface area contributed by atoms with Crippen molar-refractivity contribution in [3.63, 3.8) is 0 Å². The van der Waals surface area contributed by atoms with Gasteiger partial charge >= 0.3 is 5.82 Å². The van der Waals surface area contributed by atoms with Gasteiger partial charge in [-0.3, -0.25) is 9.36 Å². The number of nitro groups is 1.